The maximum absolute atomic E-state index is 10.0. The van der Waals surface area contributed by atoms with Crippen molar-refractivity contribution in [1.29, 1.82) is 0 Å². The van der Waals surface area contributed by atoms with Gasteiger partial charge in [-0.3, -0.25) is 0 Å². The molecule has 0 aliphatic heterocycles. The molecule has 1 aromatic rings. The second-order valence-electron chi connectivity index (χ2n) is 2.32. The van der Waals surface area contributed by atoms with Gasteiger partial charge in [0, 0.05) is 0 Å². The van der Waals surface area contributed by atoms with Crippen molar-refractivity contribution in [3.8, 4) is 0 Å². The van der Waals surface area contributed by atoms with Crippen LogP contribution in [0.5, 0.6) is 0 Å². The Morgan fingerprint density at radius 1 is 1.00 bits per heavy atom. The van der Waals surface area contributed by atoms with Crippen molar-refractivity contribution in [2.24, 2.45) is 0 Å². The minimum atomic E-state index is -0.745. The number of nitro groups is 2. The summed E-state index contributed by atoms with van der Waals surface area (Å²) in [6, 6.07) is 5.56. The highest BCUT2D eigenvalue weighted by Gasteiger charge is 2.03. The summed E-state index contributed by atoms with van der Waals surface area (Å²) < 4.78 is 0. The van der Waals surface area contributed by atoms with Crippen LogP contribution in [-0.2, 0) is 0 Å². The SMILES string of the molecule is O=[N+]([O-])Nc1cccc(N[N+](=O)[O-])c1. The molecule has 0 aromatic heterocycles. The van der Waals surface area contributed by atoms with E-state index in [1.807, 2.05) is 10.9 Å². The van der Waals surface area contributed by atoms with Crippen molar-refractivity contribution >= 4 is 11.4 Å². The van der Waals surface area contributed by atoms with E-state index in [1.165, 1.54) is 24.3 Å². The van der Waals surface area contributed by atoms with Crippen LogP contribution < -0.4 is 10.9 Å². The molecule has 1 rings (SSSR count). The van der Waals surface area contributed by atoms with E-state index in [4.69, 9.17) is 0 Å². The maximum atomic E-state index is 10.0. The molecule has 0 aliphatic rings. The largest absolute Gasteiger partial charge is 0.235 e. The van der Waals surface area contributed by atoms with E-state index in [0.717, 1.165) is 0 Å². The number of hydrogen-bond acceptors (Lipinski definition) is 4. The van der Waals surface area contributed by atoms with E-state index in [2.05, 4.69) is 0 Å². The molecule has 0 spiro atoms. The van der Waals surface area contributed by atoms with Crippen LogP contribution in [0, 0.1) is 20.2 Å². The zero-order chi connectivity index (χ0) is 10.6. The fraction of sp³-hybridized carbons (Fsp3) is 0. The Hall–Kier alpha value is -2.38. The van der Waals surface area contributed by atoms with Gasteiger partial charge in [0.1, 0.15) is 11.4 Å². The van der Waals surface area contributed by atoms with Crippen molar-refractivity contribution in [2.75, 3.05) is 10.9 Å². The quantitative estimate of drug-likeness (QED) is 0.549. The van der Waals surface area contributed by atoms with Crippen LogP contribution in [0.4, 0.5) is 11.4 Å². The lowest BCUT2D eigenvalue weighted by atomic mass is 10.3. The van der Waals surface area contributed by atoms with Gasteiger partial charge in [-0.2, -0.15) is 0 Å². The molecule has 0 saturated carbocycles. The monoisotopic (exact) mass is 198 g/mol. The van der Waals surface area contributed by atoms with Crippen molar-refractivity contribution in [3.05, 3.63) is 44.5 Å². The summed E-state index contributed by atoms with van der Waals surface area (Å²) >= 11 is 0. The number of nitrogens with zero attached hydrogens (tertiary/aromatic N) is 2. The first kappa shape index (κ1) is 9.71. The summed E-state index contributed by atoms with van der Waals surface area (Å²) in [7, 11) is 0. The fourth-order valence-corrected chi connectivity index (χ4v) is 0.869. The van der Waals surface area contributed by atoms with Crippen molar-refractivity contribution in [3.63, 3.8) is 0 Å². The standard InChI is InChI=1S/C6H6N4O4/c11-9(12)7-5-2-1-3-6(4-5)8-10(13)14/h1-4,7-8H. The predicted octanol–water partition coefficient (Wildman–Crippen LogP) is 0.894. The van der Waals surface area contributed by atoms with E-state index in [0.29, 0.717) is 0 Å². The van der Waals surface area contributed by atoms with Gasteiger partial charge in [-0.05, 0) is 18.2 Å². The zero-order valence-corrected chi connectivity index (χ0v) is 6.84. The third-order valence-corrected chi connectivity index (χ3v) is 1.30. The van der Waals surface area contributed by atoms with Crippen molar-refractivity contribution in [2.45, 2.75) is 0 Å². The number of rotatable bonds is 4. The number of anilines is 2. The predicted molar refractivity (Wildman–Crippen MR) is 47.7 cm³/mol. The summed E-state index contributed by atoms with van der Waals surface area (Å²) in [5, 5.41) is 18.6. The number of benzene rings is 1. The van der Waals surface area contributed by atoms with Gasteiger partial charge in [-0.1, -0.05) is 6.07 Å². The fourth-order valence-electron chi connectivity index (χ4n) is 0.869. The minimum absolute atomic E-state index is 0.168. The van der Waals surface area contributed by atoms with Crippen LogP contribution in [0.1, 0.15) is 0 Å². The molecule has 0 atom stereocenters. The highest BCUT2D eigenvalue weighted by atomic mass is 16.7. The van der Waals surface area contributed by atoms with Crippen molar-refractivity contribution in [1.82, 2.24) is 0 Å². The average molecular weight is 198 g/mol. The third-order valence-electron chi connectivity index (χ3n) is 1.30. The summed E-state index contributed by atoms with van der Waals surface area (Å²) in [6.07, 6.45) is 0. The molecule has 0 aliphatic carbocycles. The Bertz CT molecular complexity index is 335. The van der Waals surface area contributed by atoms with E-state index in [9.17, 15) is 20.2 Å². The molecule has 1 aromatic carbocycles. The van der Waals surface area contributed by atoms with Crippen LogP contribution in [0.3, 0.4) is 0 Å². The topological polar surface area (TPSA) is 110 Å². The molecule has 0 unspecified atom stereocenters. The Morgan fingerprint density at radius 3 is 1.79 bits per heavy atom. The summed E-state index contributed by atoms with van der Waals surface area (Å²) in [5.41, 5.74) is 4.09. The first-order valence-corrected chi connectivity index (χ1v) is 3.50. The number of hydrogen-bond donors (Lipinski definition) is 2. The van der Waals surface area contributed by atoms with Gasteiger partial charge in [-0.25, -0.2) is 20.2 Å². The van der Waals surface area contributed by atoms with Crippen molar-refractivity contribution < 1.29 is 10.1 Å². The molecule has 74 valence electrons. The van der Waals surface area contributed by atoms with Crippen LogP contribution in [0.2, 0.25) is 0 Å². The van der Waals surface area contributed by atoms with Gasteiger partial charge in [0.05, 0.1) is 0 Å². The van der Waals surface area contributed by atoms with Gasteiger partial charge < -0.3 is 0 Å². The molecule has 8 nitrogen and oxygen atoms in total. The van der Waals surface area contributed by atoms with Crippen LogP contribution in [-0.4, -0.2) is 10.1 Å². The number of hydrazine groups is 2. The highest BCUT2D eigenvalue weighted by molar-refractivity contribution is 5.54. The first-order chi connectivity index (χ1) is 6.58. The second-order valence-corrected chi connectivity index (χ2v) is 2.32. The van der Waals surface area contributed by atoms with Gasteiger partial charge in [0.2, 0.25) is 0 Å². The molecule has 0 fully saturated rings. The third kappa shape index (κ3) is 2.93. The molecule has 0 bridgehead atoms. The highest BCUT2D eigenvalue weighted by Crippen LogP contribution is 2.14. The summed E-state index contributed by atoms with van der Waals surface area (Å²) in [4.78, 5) is 20.1. The molecule has 0 heterocycles. The zero-order valence-electron chi connectivity index (χ0n) is 6.84. The van der Waals surface area contributed by atoms with Gasteiger partial charge in [0.15, 0.2) is 10.1 Å². The Morgan fingerprint density at radius 2 is 1.43 bits per heavy atom. The normalized spacial score (nSPS) is 9.14. The lowest BCUT2D eigenvalue weighted by Crippen LogP contribution is -2.10. The van der Waals surface area contributed by atoms with E-state index in [1.54, 1.807) is 0 Å². The van der Waals surface area contributed by atoms with Gasteiger partial charge in [-0.15, -0.1) is 10.9 Å². The molecule has 0 amide bonds. The first-order valence-electron chi connectivity index (χ1n) is 3.50. The van der Waals surface area contributed by atoms with E-state index < -0.39 is 10.1 Å². The molecule has 14 heavy (non-hydrogen) atoms. The van der Waals surface area contributed by atoms with Gasteiger partial charge >= 0.3 is 0 Å². The lowest BCUT2D eigenvalue weighted by molar-refractivity contribution is -0.446. The molecular formula is C6H6N4O4. The summed E-state index contributed by atoms with van der Waals surface area (Å²) in [5.74, 6) is 0. The maximum Gasteiger partial charge on any atom is 0.162 e. The molecule has 8 heteroatoms. The van der Waals surface area contributed by atoms with E-state index in [-0.39, 0.29) is 11.4 Å². The Kier molecular flexibility index (Phi) is 2.79. The van der Waals surface area contributed by atoms with Crippen LogP contribution in [0.25, 0.3) is 0 Å². The number of nitrogens with one attached hydrogen (secondary N) is 2. The minimum Gasteiger partial charge on any atom is -0.235 e. The van der Waals surface area contributed by atoms with E-state index >= 15 is 0 Å². The molecule has 0 saturated heterocycles. The smallest absolute Gasteiger partial charge is 0.162 e. The van der Waals surface area contributed by atoms with Crippen LogP contribution in [0.15, 0.2) is 24.3 Å². The second kappa shape index (κ2) is 4.03. The average Bonchev–Trinajstić information content (AvgIpc) is 2.01. The molecule has 2 N–H and O–H groups in total. The Balaban J connectivity index is 2.78. The summed E-state index contributed by atoms with van der Waals surface area (Å²) in [6.45, 7) is 0. The van der Waals surface area contributed by atoms with Gasteiger partial charge in [0.25, 0.3) is 0 Å². The molecule has 0 radical (unpaired) electrons. The molecular weight excluding hydrogens is 192 g/mol. The lowest BCUT2D eigenvalue weighted by Gasteiger charge is -1.99. The van der Waals surface area contributed by atoms with Crippen LogP contribution >= 0.6 is 0 Å². The Labute approximate surface area is 77.8 Å².